The lowest BCUT2D eigenvalue weighted by atomic mass is 10.2. The van der Waals surface area contributed by atoms with Crippen LogP contribution < -0.4 is 5.43 Å². The smallest absolute Gasteiger partial charge is 0.267 e. The number of carbonyl (C=O) groups is 1. The fourth-order valence-corrected chi connectivity index (χ4v) is 2.64. The molecule has 4 aromatic rings. The number of aryl methyl sites for hydroxylation is 1. The molecule has 1 amide bonds. The Morgan fingerprint density at radius 3 is 2.57 bits per heavy atom. The number of halogens is 2. The van der Waals surface area contributed by atoms with Crippen LogP contribution in [0.25, 0.3) is 22.7 Å². The van der Waals surface area contributed by atoms with Crippen LogP contribution in [0.3, 0.4) is 0 Å². The molecule has 0 spiro atoms. The van der Waals surface area contributed by atoms with Gasteiger partial charge >= 0.3 is 0 Å². The molecule has 10 heteroatoms. The highest BCUT2D eigenvalue weighted by atomic mass is 19.3. The number of amides is 1. The quantitative estimate of drug-likeness (QED) is 0.584. The Morgan fingerprint density at radius 1 is 1.07 bits per heavy atom. The zero-order valence-electron chi connectivity index (χ0n) is 14.5. The van der Waals surface area contributed by atoms with Gasteiger partial charge in [-0.2, -0.15) is 0 Å². The standard InChI is InChI=1S/C18H13F2N7O/c1-10-11(9-23-17(24-10)16-21-6-2-7-22-16)18(28)26-27-8-5-12-14(27)4-3-13(25-12)15(19)20/h2-9,15H,1H3,(H,26,28). The Kier molecular flexibility index (Phi) is 4.44. The molecule has 4 rings (SSSR count). The molecule has 28 heavy (non-hydrogen) atoms. The molecule has 0 fully saturated rings. The van der Waals surface area contributed by atoms with Gasteiger partial charge in [-0.3, -0.25) is 14.9 Å². The number of nitrogens with one attached hydrogen (secondary N) is 1. The van der Waals surface area contributed by atoms with E-state index in [0.29, 0.717) is 28.4 Å². The van der Waals surface area contributed by atoms with Crippen LogP contribution in [0.1, 0.15) is 28.2 Å². The molecular weight excluding hydrogens is 368 g/mol. The molecule has 0 aliphatic heterocycles. The molecule has 8 nitrogen and oxygen atoms in total. The third kappa shape index (κ3) is 3.27. The SMILES string of the molecule is Cc1nc(-c2ncccn2)ncc1C(=O)Nn1ccc2nc(C(F)F)ccc21. The molecule has 0 aliphatic carbocycles. The summed E-state index contributed by atoms with van der Waals surface area (Å²) in [6, 6.07) is 5.92. The van der Waals surface area contributed by atoms with Crippen molar-refractivity contribution in [1.82, 2.24) is 29.6 Å². The van der Waals surface area contributed by atoms with E-state index in [9.17, 15) is 13.6 Å². The van der Waals surface area contributed by atoms with Crippen molar-refractivity contribution in [2.24, 2.45) is 0 Å². The number of hydrogen-bond donors (Lipinski definition) is 1. The summed E-state index contributed by atoms with van der Waals surface area (Å²) in [7, 11) is 0. The van der Waals surface area contributed by atoms with E-state index in [1.54, 1.807) is 31.5 Å². The van der Waals surface area contributed by atoms with Crippen molar-refractivity contribution in [3.8, 4) is 11.6 Å². The molecule has 0 radical (unpaired) electrons. The molecule has 4 aromatic heterocycles. The van der Waals surface area contributed by atoms with Gasteiger partial charge in [0.15, 0.2) is 11.6 Å². The van der Waals surface area contributed by atoms with Crippen LogP contribution in [0.5, 0.6) is 0 Å². The average molecular weight is 381 g/mol. The minimum Gasteiger partial charge on any atom is -0.267 e. The van der Waals surface area contributed by atoms with Crippen LogP contribution in [0, 0.1) is 6.92 Å². The highest BCUT2D eigenvalue weighted by Crippen LogP contribution is 2.21. The summed E-state index contributed by atoms with van der Waals surface area (Å²) in [5.74, 6) is 0.216. The Balaban J connectivity index is 1.59. The summed E-state index contributed by atoms with van der Waals surface area (Å²) in [6.45, 7) is 1.67. The van der Waals surface area contributed by atoms with Crippen molar-refractivity contribution in [3.63, 3.8) is 0 Å². The maximum absolute atomic E-state index is 12.8. The molecule has 0 bridgehead atoms. The van der Waals surface area contributed by atoms with Crippen molar-refractivity contribution in [3.05, 3.63) is 66.0 Å². The summed E-state index contributed by atoms with van der Waals surface area (Å²) in [4.78, 5) is 33.1. The molecule has 0 aliphatic rings. The van der Waals surface area contributed by atoms with E-state index < -0.39 is 12.3 Å². The number of pyridine rings is 1. The van der Waals surface area contributed by atoms with Gasteiger partial charge in [-0.1, -0.05) is 0 Å². The van der Waals surface area contributed by atoms with Crippen molar-refractivity contribution < 1.29 is 13.6 Å². The predicted molar refractivity (Wildman–Crippen MR) is 96.2 cm³/mol. The highest BCUT2D eigenvalue weighted by Gasteiger charge is 2.16. The van der Waals surface area contributed by atoms with E-state index in [1.807, 2.05) is 0 Å². The topological polar surface area (TPSA) is 98.5 Å². The van der Waals surface area contributed by atoms with Crippen LogP contribution in [-0.4, -0.2) is 35.5 Å². The molecule has 1 N–H and O–H groups in total. The first-order chi connectivity index (χ1) is 13.5. The van der Waals surface area contributed by atoms with Crippen LogP contribution in [0.15, 0.2) is 49.1 Å². The van der Waals surface area contributed by atoms with Gasteiger partial charge in [0, 0.05) is 24.8 Å². The van der Waals surface area contributed by atoms with E-state index in [0.717, 1.165) is 0 Å². The fourth-order valence-electron chi connectivity index (χ4n) is 2.64. The Hall–Kier alpha value is -3.82. The predicted octanol–water partition coefficient (Wildman–Crippen LogP) is 2.91. The number of alkyl halides is 2. The number of aromatic nitrogens is 6. The first-order valence-corrected chi connectivity index (χ1v) is 8.21. The Labute approximate surface area is 157 Å². The van der Waals surface area contributed by atoms with Gasteiger partial charge in [0.1, 0.15) is 5.69 Å². The van der Waals surface area contributed by atoms with Gasteiger partial charge in [0.2, 0.25) is 0 Å². The van der Waals surface area contributed by atoms with E-state index >= 15 is 0 Å². The normalized spacial score (nSPS) is 11.1. The lowest BCUT2D eigenvalue weighted by Gasteiger charge is -2.10. The van der Waals surface area contributed by atoms with Crippen LogP contribution >= 0.6 is 0 Å². The molecule has 0 saturated carbocycles. The Morgan fingerprint density at radius 2 is 1.86 bits per heavy atom. The molecule has 0 aromatic carbocycles. The minimum absolute atomic E-state index is 0.263. The third-order valence-corrected chi connectivity index (χ3v) is 4.00. The summed E-state index contributed by atoms with van der Waals surface area (Å²) in [6.07, 6.45) is 3.42. The fraction of sp³-hybridized carbons (Fsp3) is 0.111. The maximum atomic E-state index is 12.8. The molecule has 140 valence electrons. The molecule has 0 unspecified atom stereocenters. The number of rotatable bonds is 4. The lowest BCUT2D eigenvalue weighted by molar-refractivity contribution is 0.101. The van der Waals surface area contributed by atoms with Gasteiger partial charge in [0.05, 0.1) is 22.3 Å². The van der Waals surface area contributed by atoms with Gasteiger partial charge in [-0.25, -0.2) is 33.7 Å². The largest absolute Gasteiger partial charge is 0.280 e. The monoisotopic (exact) mass is 381 g/mol. The van der Waals surface area contributed by atoms with E-state index in [4.69, 9.17) is 0 Å². The molecule has 0 saturated heterocycles. The second kappa shape index (κ2) is 7.06. The lowest BCUT2D eigenvalue weighted by Crippen LogP contribution is -2.23. The first kappa shape index (κ1) is 17.6. The summed E-state index contributed by atoms with van der Waals surface area (Å²) in [5.41, 5.74) is 3.90. The van der Waals surface area contributed by atoms with E-state index in [-0.39, 0.29) is 11.3 Å². The number of fused-ring (bicyclic) bond motifs is 1. The molecule has 0 atom stereocenters. The van der Waals surface area contributed by atoms with E-state index in [1.165, 1.54) is 29.2 Å². The maximum Gasteiger partial charge on any atom is 0.280 e. The number of hydrogen-bond acceptors (Lipinski definition) is 6. The zero-order valence-corrected chi connectivity index (χ0v) is 14.5. The van der Waals surface area contributed by atoms with Crippen molar-refractivity contribution in [1.29, 1.82) is 0 Å². The third-order valence-electron chi connectivity index (χ3n) is 4.00. The second-order valence-corrected chi connectivity index (χ2v) is 5.83. The Bertz CT molecular complexity index is 1160. The van der Waals surface area contributed by atoms with Crippen LogP contribution in [0.2, 0.25) is 0 Å². The summed E-state index contributed by atoms with van der Waals surface area (Å²) in [5, 5.41) is 0. The highest BCUT2D eigenvalue weighted by molar-refractivity contribution is 6.01. The molecular formula is C18H13F2N7O. The van der Waals surface area contributed by atoms with Crippen molar-refractivity contribution in [2.75, 3.05) is 5.43 Å². The van der Waals surface area contributed by atoms with Crippen LogP contribution in [0.4, 0.5) is 8.78 Å². The zero-order chi connectivity index (χ0) is 19.7. The first-order valence-electron chi connectivity index (χ1n) is 8.21. The van der Waals surface area contributed by atoms with E-state index in [2.05, 4.69) is 30.3 Å². The molecule has 4 heterocycles. The summed E-state index contributed by atoms with van der Waals surface area (Å²) < 4.78 is 27.0. The average Bonchev–Trinajstić information content (AvgIpc) is 3.10. The van der Waals surface area contributed by atoms with Gasteiger partial charge in [0.25, 0.3) is 12.3 Å². The van der Waals surface area contributed by atoms with Crippen molar-refractivity contribution in [2.45, 2.75) is 13.3 Å². The number of nitrogens with zero attached hydrogens (tertiary/aromatic N) is 6. The van der Waals surface area contributed by atoms with Gasteiger partial charge in [-0.15, -0.1) is 0 Å². The second-order valence-electron chi connectivity index (χ2n) is 5.83. The van der Waals surface area contributed by atoms with Crippen molar-refractivity contribution >= 4 is 16.9 Å². The summed E-state index contributed by atoms with van der Waals surface area (Å²) >= 11 is 0. The van der Waals surface area contributed by atoms with Crippen LogP contribution in [-0.2, 0) is 0 Å². The number of carbonyl (C=O) groups excluding carboxylic acids is 1. The van der Waals surface area contributed by atoms with Gasteiger partial charge in [-0.05, 0) is 31.2 Å². The van der Waals surface area contributed by atoms with Gasteiger partial charge < -0.3 is 0 Å². The minimum atomic E-state index is -2.66.